The van der Waals surface area contributed by atoms with Gasteiger partial charge >= 0.3 is 0 Å². The number of morpholine rings is 1. The largest absolute Gasteiger partial charge is 0.372 e. The van der Waals surface area contributed by atoms with E-state index in [1.807, 2.05) is 32.7 Å². The molecule has 2 saturated heterocycles. The summed E-state index contributed by atoms with van der Waals surface area (Å²) in [7, 11) is 1.93. The number of ether oxygens (including phenoxy) is 1. The molecule has 1 amide bonds. The van der Waals surface area contributed by atoms with Crippen molar-refractivity contribution in [3.8, 4) is 11.1 Å². The van der Waals surface area contributed by atoms with E-state index >= 15 is 8.78 Å². The second-order valence-electron chi connectivity index (χ2n) is 11.1. The van der Waals surface area contributed by atoms with Crippen molar-refractivity contribution >= 4 is 23.2 Å². The van der Waals surface area contributed by atoms with Crippen LogP contribution in [0.15, 0.2) is 36.7 Å². The molecule has 0 radical (unpaired) electrons. The van der Waals surface area contributed by atoms with Gasteiger partial charge in [-0.25, -0.2) is 31.9 Å². The monoisotopic (exact) mass is 604 g/mol. The molecule has 8 nitrogen and oxygen atoms in total. The van der Waals surface area contributed by atoms with Crippen LogP contribution in [0.1, 0.15) is 43.1 Å². The first-order valence-corrected chi connectivity index (χ1v) is 14.0. The van der Waals surface area contributed by atoms with E-state index in [1.165, 1.54) is 12.4 Å². The molecule has 0 aliphatic carbocycles. The lowest BCUT2D eigenvalue weighted by Gasteiger charge is -2.39. The molecule has 5 rings (SSSR count). The van der Waals surface area contributed by atoms with Crippen molar-refractivity contribution in [1.82, 2.24) is 14.9 Å². The van der Waals surface area contributed by atoms with Gasteiger partial charge < -0.3 is 24.8 Å². The Kier molecular flexibility index (Phi) is 8.84. The first kappa shape index (κ1) is 30.6. The van der Waals surface area contributed by atoms with Gasteiger partial charge in [-0.2, -0.15) is 0 Å². The van der Waals surface area contributed by atoms with Crippen molar-refractivity contribution < 1.29 is 31.5 Å². The zero-order valence-corrected chi connectivity index (χ0v) is 24.3. The summed E-state index contributed by atoms with van der Waals surface area (Å²) in [6, 6.07) is 3.47. The van der Waals surface area contributed by atoms with E-state index in [2.05, 4.69) is 20.2 Å². The third-order valence-corrected chi connectivity index (χ3v) is 7.86. The number of nitrogens with one attached hydrogen (secondary N) is 1. The number of amides is 1. The first-order chi connectivity index (χ1) is 20.4. The van der Waals surface area contributed by atoms with Gasteiger partial charge in [0.05, 0.1) is 23.5 Å². The standard InChI is InChI=1S/C30H33F5N6O2/c1-16-13-40(8-7-39(16)4)24-10-23(32)25(19-11-36-30(37-12-19)41-14-17(2)43-18(3)15-41)26(33)27(24)38-29(42)21-6-5-20(31)9-22(21)28(34)35/h5-6,9-12,16-18,28H,7-8,13-15H2,1-4H3,(H,38,42)/t16-,17-,18+/m0/s1. The third-order valence-electron chi connectivity index (χ3n) is 7.86. The van der Waals surface area contributed by atoms with Crippen LogP contribution in [0.3, 0.4) is 0 Å². The molecule has 230 valence electrons. The fourth-order valence-electron chi connectivity index (χ4n) is 5.56. The molecule has 3 atom stereocenters. The molecule has 2 aromatic carbocycles. The minimum Gasteiger partial charge on any atom is -0.372 e. The highest BCUT2D eigenvalue weighted by Crippen LogP contribution is 2.39. The van der Waals surface area contributed by atoms with Gasteiger partial charge in [-0.15, -0.1) is 0 Å². The predicted molar refractivity (Wildman–Crippen MR) is 153 cm³/mol. The van der Waals surface area contributed by atoms with Crippen molar-refractivity contribution in [2.45, 2.75) is 45.4 Å². The quantitative estimate of drug-likeness (QED) is 0.373. The number of alkyl halides is 2. The molecule has 0 bridgehead atoms. The second-order valence-corrected chi connectivity index (χ2v) is 11.1. The van der Waals surface area contributed by atoms with Crippen LogP contribution >= 0.6 is 0 Å². The molecule has 43 heavy (non-hydrogen) atoms. The number of likely N-dealkylation sites (N-methyl/N-ethyl adjacent to an activating group) is 1. The van der Waals surface area contributed by atoms with E-state index in [4.69, 9.17) is 4.74 Å². The van der Waals surface area contributed by atoms with Crippen LogP contribution in [0.5, 0.6) is 0 Å². The molecule has 13 heteroatoms. The minimum absolute atomic E-state index is 0.0250. The van der Waals surface area contributed by atoms with Crippen LogP contribution in [-0.4, -0.2) is 78.8 Å². The Morgan fingerprint density at radius 1 is 0.977 bits per heavy atom. The van der Waals surface area contributed by atoms with Crippen molar-refractivity contribution in [3.05, 3.63) is 65.2 Å². The Morgan fingerprint density at radius 3 is 2.28 bits per heavy atom. The number of halogens is 5. The topological polar surface area (TPSA) is 73.8 Å². The number of anilines is 3. The third kappa shape index (κ3) is 6.42. The number of aromatic nitrogens is 2. The number of hydrogen-bond donors (Lipinski definition) is 1. The molecular formula is C30H33F5N6O2. The highest BCUT2D eigenvalue weighted by molar-refractivity contribution is 6.07. The average Bonchev–Trinajstić information content (AvgIpc) is 2.95. The van der Waals surface area contributed by atoms with Gasteiger partial charge in [0.15, 0.2) is 5.82 Å². The fraction of sp³-hybridized carbons (Fsp3) is 0.433. The van der Waals surface area contributed by atoms with Gasteiger partial charge in [0, 0.05) is 73.9 Å². The van der Waals surface area contributed by atoms with Gasteiger partial charge in [-0.3, -0.25) is 4.79 Å². The molecule has 1 aromatic heterocycles. The normalized spacial score (nSPS) is 21.4. The maximum absolute atomic E-state index is 16.4. The van der Waals surface area contributed by atoms with Crippen LogP contribution < -0.4 is 15.1 Å². The molecule has 0 spiro atoms. The molecule has 0 saturated carbocycles. The van der Waals surface area contributed by atoms with Gasteiger partial charge in [-0.1, -0.05) is 0 Å². The fourth-order valence-corrected chi connectivity index (χ4v) is 5.56. The maximum Gasteiger partial charge on any atom is 0.264 e. The lowest BCUT2D eigenvalue weighted by molar-refractivity contribution is -0.00572. The number of hydrogen-bond acceptors (Lipinski definition) is 7. The van der Waals surface area contributed by atoms with Crippen LogP contribution in [0.4, 0.5) is 39.3 Å². The predicted octanol–water partition coefficient (Wildman–Crippen LogP) is 5.50. The van der Waals surface area contributed by atoms with Gasteiger partial charge in [0.25, 0.3) is 12.3 Å². The highest BCUT2D eigenvalue weighted by atomic mass is 19.3. The Hall–Kier alpha value is -3.84. The molecule has 2 aliphatic heterocycles. The number of piperazine rings is 1. The first-order valence-electron chi connectivity index (χ1n) is 14.0. The highest BCUT2D eigenvalue weighted by Gasteiger charge is 2.30. The minimum atomic E-state index is -3.16. The van der Waals surface area contributed by atoms with Gasteiger partial charge in [-0.05, 0) is 46.0 Å². The molecule has 2 fully saturated rings. The zero-order valence-electron chi connectivity index (χ0n) is 24.3. The zero-order chi connectivity index (χ0) is 31.0. The lowest BCUT2D eigenvalue weighted by atomic mass is 10.0. The summed E-state index contributed by atoms with van der Waals surface area (Å²) in [6.45, 7) is 8.27. The van der Waals surface area contributed by atoms with Crippen molar-refractivity contribution in [2.75, 3.05) is 54.9 Å². The van der Waals surface area contributed by atoms with Crippen LogP contribution in [-0.2, 0) is 4.74 Å². The second kappa shape index (κ2) is 12.4. The van der Waals surface area contributed by atoms with E-state index in [-0.39, 0.29) is 35.2 Å². The van der Waals surface area contributed by atoms with Crippen LogP contribution in [0.25, 0.3) is 11.1 Å². The van der Waals surface area contributed by atoms with Crippen molar-refractivity contribution in [3.63, 3.8) is 0 Å². The number of benzene rings is 2. The molecule has 3 aromatic rings. The molecular weight excluding hydrogens is 571 g/mol. The number of carbonyl (C=O) groups excluding carboxylic acids is 1. The summed E-state index contributed by atoms with van der Waals surface area (Å²) in [5.41, 5.74) is -2.16. The summed E-state index contributed by atoms with van der Waals surface area (Å²) in [6.07, 6.45) is -0.662. The van der Waals surface area contributed by atoms with E-state index in [1.54, 1.807) is 4.90 Å². The van der Waals surface area contributed by atoms with Gasteiger partial charge in [0.1, 0.15) is 17.3 Å². The Labute approximate surface area is 246 Å². The van der Waals surface area contributed by atoms with Crippen molar-refractivity contribution in [2.24, 2.45) is 0 Å². The van der Waals surface area contributed by atoms with E-state index in [0.29, 0.717) is 44.7 Å². The van der Waals surface area contributed by atoms with E-state index < -0.39 is 46.5 Å². The number of rotatable bonds is 6. The summed E-state index contributed by atoms with van der Waals surface area (Å²) in [5, 5.41) is 2.39. The van der Waals surface area contributed by atoms with E-state index in [0.717, 1.165) is 18.2 Å². The van der Waals surface area contributed by atoms with Crippen LogP contribution in [0.2, 0.25) is 0 Å². The van der Waals surface area contributed by atoms with Crippen molar-refractivity contribution in [1.29, 1.82) is 0 Å². The molecule has 1 N–H and O–H groups in total. The molecule has 0 unspecified atom stereocenters. The van der Waals surface area contributed by atoms with Gasteiger partial charge in [0.2, 0.25) is 5.95 Å². The Morgan fingerprint density at radius 2 is 1.65 bits per heavy atom. The summed E-state index contributed by atoms with van der Waals surface area (Å²) in [4.78, 5) is 27.7. The summed E-state index contributed by atoms with van der Waals surface area (Å²) >= 11 is 0. The Bertz CT molecular complexity index is 1480. The summed E-state index contributed by atoms with van der Waals surface area (Å²) in [5.74, 6) is -3.67. The summed E-state index contributed by atoms with van der Waals surface area (Å²) < 4.78 is 78.9. The van der Waals surface area contributed by atoms with E-state index in [9.17, 15) is 18.0 Å². The van der Waals surface area contributed by atoms with Crippen LogP contribution in [0, 0.1) is 17.5 Å². The molecule has 3 heterocycles. The average molecular weight is 605 g/mol. The smallest absolute Gasteiger partial charge is 0.264 e. The maximum atomic E-state index is 16.4. The number of carbonyl (C=O) groups is 1. The Balaban J connectivity index is 1.55. The lowest BCUT2D eigenvalue weighted by Crippen LogP contribution is -2.50. The molecule has 2 aliphatic rings. The SMILES string of the molecule is C[C@@H]1CN(c2ncc(-c3c(F)cc(N4CCN(C)[C@@H](C)C4)c(NC(=O)c4ccc(F)cc4C(F)F)c3F)cn2)C[C@H](C)O1. The number of nitrogens with zero attached hydrogens (tertiary/aromatic N) is 5.